The third-order valence-electron chi connectivity index (χ3n) is 8.01. The number of hydrogen-bond acceptors (Lipinski definition) is 7. The third kappa shape index (κ3) is 1.87. The first-order valence-electron chi connectivity index (χ1n) is 10.7. The van der Waals surface area contributed by atoms with Crippen molar-refractivity contribution in [3.8, 4) is 0 Å². The monoisotopic (exact) mass is 403 g/mol. The van der Waals surface area contributed by atoms with Gasteiger partial charge in [-0.2, -0.15) is 9.78 Å². The molecule has 3 fully saturated rings. The highest BCUT2D eigenvalue weighted by Gasteiger charge is 2.84. The minimum absolute atomic E-state index is 0.0809. The van der Waals surface area contributed by atoms with E-state index in [1.807, 2.05) is 12.2 Å². The molecule has 1 unspecified atom stereocenters. The van der Waals surface area contributed by atoms with Crippen molar-refractivity contribution in [1.29, 1.82) is 0 Å². The summed E-state index contributed by atoms with van der Waals surface area (Å²) in [6.07, 6.45) is 7.47. The Morgan fingerprint density at radius 2 is 2.17 bits per heavy atom. The van der Waals surface area contributed by atoms with Crippen molar-refractivity contribution < 1.29 is 29.5 Å². The number of nitrogens with zero attached hydrogens (tertiary/aromatic N) is 1. The van der Waals surface area contributed by atoms with Crippen LogP contribution in [0.15, 0.2) is 35.1 Å². The molecule has 6 atom stereocenters. The van der Waals surface area contributed by atoms with Gasteiger partial charge in [0.2, 0.25) is 0 Å². The summed E-state index contributed by atoms with van der Waals surface area (Å²) in [5.74, 6) is -2.16. The summed E-state index contributed by atoms with van der Waals surface area (Å²) in [6, 6.07) is 0.0809. The molecule has 0 aromatic heterocycles. The number of likely N-dealkylation sites (N-methyl/N-ethyl adjacent to an activating group) is 1. The van der Waals surface area contributed by atoms with Gasteiger partial charge in [-0.25, -0.2) is 0 Å². The molecule has 2 spiro atoms. The normalized spacial score (nSPS) is 49.4. The highest BCUT2D eigenvalue weighted by Crippen LogP contribution is 2.74. The first-order chi connectivity index (χ1) is 13.8. The summed E-state index contributed by atoms with van der Waals surface area (Å²) in [5.41, 5.74) is 0.588. The van der Waals surface area contributed by atoms with Gasteiger partial charge in [0.25, 0.3) is 11.6 Å². The number of rotatable bonds is 4. The lowest BCUT2D eigenvalue weighted by Crippen LogP contribution is -2.78. The van der Waals surface area contributed by atoms with Crippen molar-refractivity contribution in [3.63, 3.8) is 0 Å². The predicted molar refractivity (Wildman–Crippen MR) is 102 cm³/mol. The van der Waals surface area contributed by atoms with Crippen LogP contribution in [0.4, 0.5) is 0 Å². The van der Waals surface area contributed by atoms with E-state index in [1.165, 1.54) is 0 Å². The van der Waals surface area contributed by atoms with Crippen LogP contribution in [-0.2, 0) is 19.2 Å². The van der Waals surface area contributed by atoms with E-state index >= 15 is 0 Å². The van der Waals surface area contributed by atoms with Crippen LogP contribution in [0, 0.1) is 11.3 Å². The number of ether oxygens (including phenoxy) is 2. The zero-order valence-electron chi connectivity index (χ0n) is 17.2. The van der Waals surface area contributed by atoms with E-state index in [-0.39, 0.29) is 12.5 Å². The van der Waals surface area contributed by atoms with E-state index in [9.17, 15) is 10.2 Å². The lowest BCUT2D eigenvalue weighted by molar-refractivity contribution is -0.550. The average Bonchev–Trinajstić information content (AvgIpc) is 2.97. The lowest BCUT2D eigenvalue weighted by Gasteiger charge is -2.66. The van der Waals surface area contributed by atoms with Crippen molar-refractivity contribution >= 4 is 0 Å². The molecule has 29 heavy (non-hydrogen) atoms. The molecular weight excluding hydrogens is 374 g/mol. The largest absolute Gasteiger partial charge is 0.454 e. The van der Waals surface area contributed by atoms with Crippen molar-refractivity contribution in [2.24, 2.45) is 11.3 Å². The van der Waals surface area contributed by atoms with Gasteiger partial charge in [0.15, 0.2) is 5.76 Å². The van der Waals surface area contributed by atoms with Gasteiger partial charge < -0.3 is 19.7 Å². The fraction of sp³-hybridized carbons (Fsp3) is 0.727. The summed E-state index contributed by atoms with van der Waals surface area (Å²) in [5, 5.41) is 22.2. The molecule has 6 rings (SSSR count). The highest BCUT2D eigenvalue weighted by atomic mass is 17.3. The Labute approximate surface area is 170 Å². The molecule has 158 valence electrons. The van der Waals surface area contributed by atoms with E-state index < -0.39 is 28.7 Å². The molecular formula is C22H29NO6. The Morgan fingerprint density at radius 1 is 1.34 bits per heavy atom. The number of hydrogen-bond donors (Lipinski definition) is 2. The van der Waals surface area contributed by atoms with Gasteiger partial charge in [0, 0.05) is 24.6 Å². The minimum atomic E-state index is -1.64. The third-order valence-corrected chi connectivity index (χ3v) is 8.01. The second kappa shape index (κ2) is 5.52. The van der Waals surface area contributed by atoms with Crippen LogP contribution < -0.4 is 0 Å². The van der Waals surface area contributed by atoms with Crippen LogP contribution in [0.25, 0.3) is 0 Å². The molecule has 0 aromatic rings. The summed E-state index contributed by atoms with van der Waals surface area (Å²) in [4.78, 5) is 13.8. The Kier molecular flexibility index (Phi) is 3.53. The highest BCUT2D eigenvalue weighted by molar-refractivity contribution is 5.59. The maximum Gasteiger partial charge on any atom is 0.282 e. The Hall–Kier alpha value is -1.22. The molecule has 3 aliphatic carbocycles. The quantitative estimate of drug-likeness (QED) is 0.547. The molecule has 3 aliphatic heterocycles. The first kappa shape index (κ1) is 18.5. The van der Waals surface area contributed by atoms with Crippen molar-refractivity contribution in [2.45, 2.75) is 68.9 Å². The number of aliphatic hydroxyl groups is 2. The fourth-order valence-electron chi connectivity index (χ4n) is 6.58. The van der Waals surface area contributed by atoms with E-state index in [1.54, 1.807) is 6.08 Å². The summed E-state index contributed by atoms with van der Waals surface area (Å²) < 4.78 is 13.1. The van der Waals surface area contributed by atoms with Gasteiger partial charge >= 0.3 is 0 Å². The second-order valence-corrected chi connectivity index (χ2v) is 9.84. The van der Waals surface area contributed by atoms with Crippen LogP contribution in [0.3, 0.4) is 0 Å². The fourth-order valence-corrected chi connectivity index (χ4v) is 6.58. The molecule has 2 saturated heterocycles. The number of likely N-dealkylation sites (tertiary alicyclic amines) is 1. The molecule has 6 aliphatic rings. The van der Waals surface area contributed by atoms with Crippen LogP contribution in [0.1, 0.15) is 39.5 Å². The van der Waals surface area contributed by atoms with Gasteiger partial charge in [-0.1, -0.05) is 32.1 Å². The van der Waals surface area contributed by atoms with Gasteiger partial charge in [-0.05, 0) is 44.3 Å². The lowest BCUT2D eigenvalue weighted by atomic mass is 9.47. The second-order valence-electron chi connectivity index (χ2n) is 9.84. The van der Waals surface area contributed by atoms with Crippen LogP contribution in [0.5, 0.6) is 0 Å². The number of aliphatic hydroxyl groups excluding tert-OH is 1. The average molecular weight is 403 g/mol. The molecule has 0 aromatic carbocycles. The van der Waals surface area contributed by atoms with Gasteiger partial charge in [-0.15, -0.1) is 0 Å². The molecule has 4 bridgehead atoms. The molecule has 2 N–H and O–H groups in total. The first-order valence-corrected chi connectivity index (χ1v) is 10.7. The summed E-state index contributed by atoms with van der Waals surface area (Å²) >= 11 is 0. The summed E-state index contributed by atoms with van der Waals surface area (Å²) in [6.45, 7) is 5.79. The smallest absolute Gasteiger partial charge is 0.282 e. The van der Waals surface area contributed by atoms with Gasteiger partial charge in [0.05, 0.1) is 0 Å². The Bertz CT molecular complexity index is 865. The minimum Gasteiger partial charge on any atom is -0.454 e. The van der Waals surface area contributed by atoms with E-state index in [4.69, 9.17) is 19.2 Å². The van der Waals surface area contributed by atoms with Gasteiger partial charge in [-0.3, -0.25) is 4.90 Å². The molecule has 7 nitrogen and oxygen atoms in total. The molecule has 1 saturated carbocycles. The Morgan fingerprint density at radius 3 is 2.97 bits per heavy atom. The molecule has 0 amide bonds. The van der Waals surface area contributed by atoms with E-state index in [0.29, 0.717) is 24.7 Å². The standard InChI is InChI=1S/C22H29NO6/c1-13(2)6-11-26-20-7-5-16(24)22-19(20)9-10-23(3)15(20)12-14-4-8-21(25,28-29-22)18(27-22)17(14)19/h4-5,7,13,15-16,24-25H,6,8-12H2,1-3H3/t15-,16+,19-,20-,21?,22-/m1/s1. The zero-order valence-corrected chi connectivity index (χ0v) is 17.2. The Balaban J connectivity index is 1.60. The zero-order chi connectivity index (χ0) is 20.2. The maximum atomic E-state index is 11.1. The van der Waals surface area contributed by atoms with E-state index in [0.717, 1.165) is 30.5 Å². The molecule has 7 heteroatoms. The number of piperidine rings is 1. The van der Waals surface area contributed by atoms with Crippen LogP contribution in [0.2, 0.25) is 0 Å². The van der Waals surface area contributed by atoms with Crippen molar-refractivity contribution in [3.05, 3.63) is 35.1 Å². The summed E-state index contributed by atoms with van der Waals surface area (Å²) in [7, 11) is 2.13. The van der Waals surface area contributed by atoms with Gasteiger partial charge in [0.1, 0.15) is 17.1 Å². The van der Waals surface area contributed by atoms with Crippen molar-refractivity contribution in [2.75, 3.05) is 20.2 Å². The molecule has 0 radical (unpaired) electrons. The van der Waals surface area contributed by atoms with Crippen molar-refractivity contribution in [1.82, 2.24) is 4.90 Å². The van der Waals surface area contributed by atoms with E-state index in [2.05, 4.69) is 25.8 Å². The van der Waals surface area contributed by atoms with Crippen LogP contribution >= 0.6 is 0 Å². The predicted octanol–water partition coefficient (Wildman–Crippen LogP) is 1.77. The molecule has 3 heterocycles. The maximum absolute atomic E-state index is 11.1. The van der Waals surface area contributed by atoms with Crippen LogP contribution in [-0.4, -0.2) is 64.6 Å². The SMILES string of the molecule is CC(C)CCO[C@]12C=C[C@H](O)[C@@]34OOC5(O)CC=C6C[C@H]1N(C)CC[C@]32C6=C5O4. The topological polar surface area (TPSA) is 80.6 Å².